The van der Waals surface area contributed by atoms with Gasteiger partial charge >= 0.3 is 0 Å². The number of rotatable bonds is 2. The molecule has 6 heteroatoms. The summed E-state index contributed by atoms with van der Waals surface area (Å²) >= 11 is 5.80. The molecule has 0 radical (unpaired) electrons. The van der Waals surface area contributed by atoms with Gasteiger partial charge in [0.15, 0.2) is 0 Å². The number of phenolic OH excluding ortho intramolecular Hbond substituents is 1. The maximum atomic E-state index is 13.4. The van der Waals surface area contributed by atoms with Crippen molar-refractivity contribution in [2.75, 3.05) is 5.32 Å². The van der Waals surface area contributed by atoms with Crippen LogP contribution < -0.4 is 5.32 Å². The number of benzene rings is 2. The SMILES string of the molecule is O=C(Nc1ccc(F)cc1F)c1cc(O)ccc1Cl. The number of anilines is 1. The van der Waals surface area contributed by atoms with Gasteiger partial charge in [-0.3, -0.25) is 4.79 Å². The largest absolute Gasteiger partial charge is 0.508 e. The average Bonchev–Trinajstić information content (AvgIpc) is 2.35. The summed E-state index contributed by atoms with van der Waals surface area (Å²) in [7, 11) is 0. The number of carbonyl (C=O) groups is 1. The first-order valence-electron chi connectivity index (χ1n) is 5.22. The molecule has 0 saturated heterocycles. The number of carbonyl (C=O) groups excluding carboxylic acids is 1. The molecule has 19 heavy (non-hydrogen) atoms. The van der Waals surface area contributed by atoms with Crippen LogP contribution in [-0.4, -0.2) is 11.0 Å². The first kappa shape index (κ1) is 13.3. The molecule has 0 spiro atoms. The van der Waals surface area contributed by atoms with E-state index in [0.717, 1.165) is 18.2 Å². The minimum atomic E-state index is -0.898. The fourth-order valence-corrected chi connectivity index (χ4v) is 1.67. The topological polar surface area (TPSA) is 49.3 Å². The zero-order chi connectivity index (χ0) is 14.0. The number of amides is 1. The predicted octanol–water partition coefficient (Wildman–Crippen LogP) is 3.58. The van der Waals surface area contributed by atoms with Gasteiger partial charge in [-0.05, 0) is 30.3 Å². The number of halogens is 3. The minimum Gasteiger partial charge on any atom is -0.508 e. The number of nitrogens with one attached hydrogen (secondary N) is 1. The Morgan fingerprint density at radius 2 is 1.89 bits per heavy atom. The van der Waals surface area contributed by atoms with Crippen LogP contribution in [0.2, 0.25) is 5.02 Å². The van der Waals surface area contributed by atoms with Crippen LogP contribution in [0.1, 0.15) is 10.4 Å². The van der Waals surface area contributed by atoms with Crippen LogP contribution >= 0.6 is 11.6 Å². The van der Waals surface area contributed by atoms with E-state index in [1.807, 2.05) is 0 Å². The van der Waals surface area contributed by atoms with Gasteiger partial charge in [-0.2, -0.15) is 0 Å². The van der Waals surface area contributed by atoms with Gasteiger partial charge in [-0.15, -0.1) is 0 Å². The summed E-state index contributed by atoms with van der Waals surface area (Å²) in [6.45, 7) is 0. The first-order chi connectivity index (χ1) is 8.97. The molecule has 1 amide bonds. The van der Waals surface area contributed by atoms with E-state index in [9.17, 15) is 18.7 Å². The molecule has 0 atom stereocenters. The fraction of sp³-hybridized carbons (Fsp3) is 0. The zero-order valence-electron chi connectivity index (χ0n) is 9.45. The van der Waals surface area contributed by atoms with E-state index in [2.05, 4.69) is 5.32 Å². The van der Waals surface area contributed by atoms with Gasteiger partial charge in [-0.1, -0.05) is 11.6 Å². The molecule has 0 heterocycles. The van der Waals surface area contributed by atoms with Crippen molar-refractivity contribution < 1.29 is 18.7 Å². The minimum absolute atomic E-state index is 0.00890. The lowest BCUT2D eigenvalue weighted by Gasteiger charge is -2.08. The van der Waals surface area contributed by atoms with Crippen LogP contribution in [0, 0.1) is 11.6 Å². The normalized spacial score (nSPS) is 10.3. The molecule has 0 aliphatic rings. The monoisotopic (exact) mass is 283 g/mol. The average molecular weight is 284 g/mol. The second-order valence-electron chi connectivity index (χ2n) is 3.74. The lowest BCUT2D eigenvalue weighted by molar-refractivity contribution is 0.102. The summed E-state index contributed by atoms with van der Waals surface area (Å²) in [4.78, 5) is 11.9. The number of aromatic hydroxyl groups is 1. The molecule has 0 unspecified atom stereocenters. The molecule has 2 aromatic carbocycles. The molecule has 98 valence electrons. The Kier molecular flexibility index (Phi) is 3.66. The first-order valence-corrected chi connectivity index (χ1v) is 5.60. The Hall–Kier alpha value is -2.14. The van der Waals surface area contributed by atoms with E-state index in [-0.39, 0.29) is 22.0 Å². The lowest BCUT2D eigenvalue weighted by Crippen LogP contribution is -2.13. The summed E-state index contributed by atoms with van der Waals surface area (Å²) < 4.78 is 26.1. The van der Waals surface area contributed by atoms with E-state index in [1.165, 1.54) is 12.1 Å². The van der Waals surface area contributed by atoms with Crippen LogP contribution in [0.5, 0.6) is 5.75 Å². The van der Waals surface area contributed by atoms with Crippen LogP contribution in [0.3, 0.4) is 0 Å². The Bertz CT molecular complexity index is 647. The van der Waals surface area contributed by atoms with Gasteiger partial charge in [0.1, 0.15) is 17.4 Å². The summed E-state index contributed by atoms with van der Waals surface area (Å²) in [6, 6.07) is 6.57. The predicted molar refractivity (Wildman–Crippen MR) is 67.4 cm³/mol. The Labute approximate surface area is 112 Å². The molecular formula is C13H8ClF2NO2. The number of phenols is 1. The number of hydrogen-bond donors (Lipinski definition) is 2. The number of hydrogen-bond acceptors (Lipinski definition) is 2. The summed E-state index contributed by atoms with van der Waals surface area (Å²) in [6.07, 6.45) is 0. The molecule has 2 aromatic rings. The summed E-state index contributed by atoms with van der Waals surface area (Å²) in [5, 5.41) is 11.6. The molecule has 2 rings (SSSR count). The van der Waals surface area contributed by atoms with Gasteiger partial charge in [0.2, 0.25) is 0 Å². The van der Waals surface area contributed by atoms with Crippen molar-refractivity contribution in [1.29, 1.82) is 0 Å². The Morgan fingerprint density at radius 1 is 1.16 bits per heavy atom. The molecular weight excluding hydrogens is 276 g/mol. The van der Waals surface area contributed by atoms with Crippen molar-refractivity contribution in [3.8, 4) is 5.75 Å². The van der Waals surface area contributed by atoms with Crippen LogP contribution in [0.4, 0.5) is 14.5 Å². The fourth-order valence-electron chi connectivity index (χ4n) is 1.47. The van der Waals surface area contributed by atoms with E-state index in [0.29, 0.717) is 6.07 Å². The van der Waals surface area contributed by atoms with Crippen molar-refractivity contribution in [1.82, 2.24) is 0 Å². The summed E-state index contributed by atoms with van der Waals surface area (Å²) in [5.41, 5.74) is -0.184. The second-order valence-corrected chi connectivity index (χ2v) is 4.15. The van der Waals surface area contributed by atoms with Crippen molar-refractivity contribution >= 4 is 23.2 Å². The molecule has 0 aromatic heterocycles. The second kappa shape index (κ2) is 5.24. The maximum absolute atomic E-state index is 13.4. The van der Waals surface area contributed by atoms with E-state index in [1.54, 1.807) is 0 Å². The van der Waals surface area contributed by atoms with Gasteiger partial charge in [0, 0.05) is 6.07 Å². The maximum Gasteiger partial charge on any atom is 0.257 e. The van der Waals surface area contributed by atoms with Crippen molar-refractivity contribution in [3.63, 3.8) is 0 Å². The molecule has 0 fully saturated rings. The third-order valence-corrected chi connectivity index (χ3v) is 2.70. The van der Waals surface area contributed by atoms with Gasteiger partial charge in [0.25, 0.3) is 5.91 Å². The highest BCUT2D eigenvalue weighted by molar-refractivity contribution is 6.34. The molecule has 0 saturated carbocycles. The van der Waals surface area contributed by atoms with Gasteiger partial charge in [-0.25, -0.2) is 8.78 Å². The van der Waals surface area contributed by atoms with Crippen LogP contribution in [-0.2, 0) is 0 Å². The van der Waals surface area contributed by atoms with E-state index >= 15 is 0 Å². The van der Waals surface area contributed by atoms with Crippen LogP contribution in [0.15, 0.2) is 36.4 Å². The quantitative estimate of drug-likeness (QED) is 0.885. The zero-order valence-corrected chi connectivity index (χ0v) is 10.2. The van der Waals surface area contributed by atoms with Crippen molar-refractivity contribution in [3.05, 3.63) is 58.6 Å². The van der Waals surface area contributed by atoms with E-state index in [4.69, 9.17) is 11.6 Å². The third kappa shape index (κ3) is 3.00. The molecule has 2 N–H and O–H groups in total. The molecule has 3 nitrogen and oxygen atoms in total. The van der Waals surface area contributed by atoms with E-state index < -0.39 is 17.5 Å². The van der Waals surface area contributed by atoms with Crippen molar-refractivity contribution in [2.24, 2.45) is 0 Å². The van der Waals surface area contributed by atoms with Crippen LogP contribution in [0.25, 0.3) is 0 Å². The van der Waals surface area contributed by atoms with Crippen molar-refractivity contribution in [2.45, 2.75) is 0 Å². The highest BCUT2D eigenvalue weighted by atomic mass is 35.5. The smallest absolute Gasteiger partial charge is 0.257 e. The Morgan fingerprint density at radius 3 is 2.58 bits per heavy atom. The lowest BCUT2D eigenvalue weighted by atomic mass is 10.2. The molecule has 0 aliphatic carbocycles. The standard InChI is InChI=1S/C13H8ClF2NO2/c14-10-3-2-8(18)6-9(10)13(19)17-12-4-1-7(15)5-11(12)16/h1-6,18H,(H,17,19). The molecule has 0 bridgehead atoms. The highest BCUT2D eigenvalue weighted by Crippen LogP contribution is 2.23. The third-order valence-electron chi connectivity index (χ3n) is 2.37. The van der Waals surface area contributed by atoms with Gasteiger partial charge < -0.3 is 10.4 Å². The van der Waals surface area contributed by atoms with Gasteiger partial charge in [0.05, 0.1) is 16.3 Å². The highest BCUT2D eigenvalue weighted by Gasteiger charge is 2.13. The summed E-state index contributed by atoms with van der Waals surface area (Å²) in [5.74, 6) is -2.49. The Balaban J connectivity index is 2.28. The molecule has 0 aliphatic heterocycles.